The molecular weight excluding hydrogens is 466 g/mol. The van der Waals surface area contributed by atoms with Gasteiger partial charge in [0.2, 0.25) is 11.8 Å². The Morgan fingerprint density at radius 3 is 2.78 bits per heavy atom. The Kier molecular flexibility index (Phi) is 8.30. The minimum atomic E-state index is -0.608. The fourth-order valence-electron chi connectivity index (χ4n) is 4.33. The van der Waals surface area contributed by atoms with E-state index in [1.54, 1.807) is 6.92 Å². The van der Waals surface area contributed by atoms with Crippen molar-refractivity contribution >= 4 is 5.97 Å². The molecule has 2 aliphatic heterocycles. The van der Waals surface area contributed by atoms with Gasteiger partial charge in [0, 0.05) is 19.6 Å². The van der Waals surface area contributed by atoms with Crippen molar-refractivity contribution in [1.82, 2.24) is 15.1 Å². The highest BCUT2D eigenvalue weighted by atomic mass is 16.5. The van der Waals surface area contributed by atoms with E-state index in [1.165, 1.54) is 0 Å². The Balaban J connectivity index is 1.63. The van der Waals surface area contributed by atoms with E-state index >= 15 is 0 Å². The number of carbonyl (C=O) groups is 1. The molecule has 3 N–H and O–H groups in total. The molecule has 0 radical (unpaired) electrons. The summed E-state index contributed by atoms with van der Waals surface area (Å²) in [6.45, 7) is 8.85. The fraction of sp³-hybridized carbons (Fsp3) is 0.480. The number of hydrogen-bond acceptors (Lipinski definition) is 10. The van der Waals surface area contributed by atoms with Crippen molar-refractivity contribution in [3.05, 3.63) is 46.5 Å². The van der Waals surface area contributed by atoms with E-state index in [0.717, 1.165) is 38.4 Å². The number of ether oxygens (including phenoxy) is 5. The number of hydrogen-bond donors (Lipinski definition) is 2. The van der Waals surface area contributed by atoms with Crippen molar-refractivity contribution in [2.24, 2.45) is 5.73 Å². The summed E-state index contributed by atoms with van der Waals surface area (Å²) < 4.78 is 28.0. The smallest absolute Gasteiger partial charge is 0.311 e. The van der Waals surface area contributed by atoms with Gasteiger partial charge in [-0.3, -0.25) is 14.8 Å². The Morgan fingerprint density at radius 1 is 1.25 bits per heavy atom. The quantitative estimate of drug-likeness (QED) is 0.466. The topological polar surface area (TPSA) is 145 Å². The maximum absolute atomic E-state index is 12.2. The molecular formula is C25H31N5O6. The summed E-state index contributed by atoms with van der Waals surface area (Å²) in [6, 6.07) is 7.68. The summed E-state index contributed by atoms with van der Waals surface area (Å²) in [5, 5.41) is 16.9. The summed E-state index contributed by atoms with van der Waals surface area (Å²) in [5.41, 5.74) is 8.09. The number of esters is 1. The molecule has 0 saturated carbocycles. The third-order valence-electron chi connectivity index (χ3n) is 6.01. The molecule has 1 fully saturated rings. The second-order valence-corrected chi connectivity index (χ2v) is 8.27. The molecule has 11 nitrogen and oxygen atoms in total. The summed E-state index contributed by atoms with van der Waals surface area (Å²) >= 11 is 0. The van der Waals surface area contributed by atoms with Crippen LogP contribution in [0.5, 0.6) is 17.4 Å². The van der Waals surface area contributed by atoms with E-state index in [2.05, 4.69) is 21.2 Å². The SMILES string of the molecule is CCOC(=O)Cc1[nH]nc2c1[C@@H](c1ccc(OCCN3CCOCC3)c(OCC)c1)C(C#N)=C(N)O2. The van der Waals surface area contributed by atoms with Crippen LogP contribution in [0.3, 0.4) is 0 Å². The second-order valence-electron chi connectivity index (χ2n) is 8.27. The molecule has 11 heteroatoms. The van der Waals surface area contributed by atoms with Crippen molar-refractivity contribution in [2.45, 2.75) is 26.2 Å². The van der Waals surface area contributed by atoms with Crippen molar-refractivity contribution < 1.29 is 28.5 Å². The Bertz CT molecular complexity index is 1150. The highest BCUT2D eigenvalue weighted by molar-refractivity contribution is 5.73. The molecule has 0 aliphatic carbocycles. The summed E-state index contributed by atoms with van der Waals surface area (Å²) in [7, 11) is 0. The van der Waals surface area contributed by atoms with Gasteiger partial charge in [-0.25, -0.2) is 0 Å². The largest absolute Gasteiger partial charge is 0.490 e. The Morgan fingerprint density at radius 2 is 2.06 bits per heavy atom. The number of allylic oxidation sites excluding steroid dienone is 1. The van der Waals surface area contributed by atoms with Crippen LogP contribution in [0, 0.1) is 11.3 Å². The van der Waals surface area contributed by atoms with Crippen LogP contribution < -0.4 is 19.9 Å². The van der Waals surface area contributed by atoms with Gasteiger partial charge in [0.15, 0.2) is 11.5 Å². The van der Waals surface area contributed by atoms with Crippen molar-refractivity contribution in [3.8, 4) is 23.4 Å². The first-order chi connectivity index (χ1) is 17.5. The molecule has 1 atom stereocenters. The summed E-state index contributed by atoms with van der Waals surface area (Å²) in [4.78, 5) is 14.5. The van der Waals surface area contributed by atoms with E-state index in [0.29, 0.717) is 36.0 Å². The van der Waals surface area contributed by atoms with Gasteiger partial charge in [-0.2, -0.15) is 5.26 Å². The predicted octanol–water partition coefficient (Wildman–Crippen LogP) is 1.84. The number of rotatable bonds is 10. The molecule has 3 heterocycles. The molecule has 0 amide bonds. The van der Waals surface area contributed by atoms with E-state index in [1.807, 2.05) is 25.1 Å². The molecule has 2 aliphatic rings. The average Bonchev–Trinajstić information content (AvgIpc) is 3.26. The van der Waals surface area contributed by atoms with E-state index in [-0.39, 0.29) is 30.4 Å². The molecule has 4 rings (SSSR count). The Labute approximate surface area is 209 Å². The van der Waals surface area contributed by atoms with Gasteiger partial charge < -0.3 is 29.4 Å². The van der Waals surface area contributed by atoms with Gasteiger partial charge in [-0.1, -0.05) is 6.07 Å². The minimum absolute atomic E-state index is 0.0343. The van der Waals surface area contributed by atoms with Crippen molar-refractivity contribution in [2.75, 3.05) is 52.7 Å². The van der Waals surface area contributed by atoms with Crippen LogP contribution in [0.25, 0.3) is 0 Å². The zero-order chi connectivity index (χ0) is 25.5. The lowest BCUT2D eigenvalue weighted by molar-refractivity contribution is -0.142. The monoisotopic (exact) mass is 497 g/mol. The number of carbonyl (C=O) groups excluding carboxylic acids is 1. The number of aromatic nitrogens is 2. The molecule has 36 heavy (non-hydrogen) atoms. The van der Waals surface area contributed by atoms with E-state index < -0.39 is 11.9 Å². The van der Waals surface area contributed by atoms with Gasteiger partial charge in [0.05, 0.1) is 50.0 Å². The zero-order valence-electron chi connectivity index (χ0n) is 20.5. The number of nitrogens with one attached hydrogen (secondary N) is 1. The lowest BCUT2D eigenvalue weighted by Gasteiger charge is -2.27. The first-order valence-corrected chi connectivity index (χ1v) is 12.1. The predicted molar refractivity (Wildman–Crippen MR) is 129 cm³/mol. The number of nitrogens with two attached hydrogens (primary N) is 1. The fourth-order valence-corrected chi connectivity index (χ4v) is 4.33. The van der Waals surface area contributed by atoms with Gasteiger partial charge in [-0.15, -0.1) is 5.10 Å². The van der Waals surface area contributed by atoms with Crippen LogP contribution in [0.2, 0.25) is 0 Å². The molecule has 0 spiro atoms. The molecule has 1 aromatic carbocycles. The molecule has 192 valence electrons. The summed E-state index contributed by atoms with van der Waals surface area (Å²) in [6.07, 6.45) is -0.0459. The van der Waals surface area contributed by atoms with Crippen LogP contribution in [0.4, 0.5) is 0 Å². The maximum atomic E-state index is 12.2. The lowest BCUT2D eigenvalue weighted by atomic mass is 9.83. The van der Waals surface area contributed by atoms with Gasteiger partial charge in [-0.05, 0) is 31.5 Å². The first-order valence-electron chi connectivity index (χ1n) is 12.1. The first kappa shape index (κ1) is 25.3. The number of aromatic amines is 1. The van der Waals surface area contributed by atoms with Gasteiger partial charge in [0.25, 0.3) is 0 Å². The highest BCUT2D eigenvalue weighted by Gasteiger charge is 2.36. The van der Waals surface area contributed by atoms with E-state index in [9.17, 15) is 10.1 Å². The van der Waals surface area contributed by atoms with Crippen LogP contribution in [0.1, 0.15) is 36.6 Å². The standard InChI is InChI=1S/C25H31N5O6/c1-3-33-20-13-16(5-6-19(20)35-12-9-30-7-10-32-11-8-30)22-17(15-26)24(27)36-25-23(22)18(28-29-25)14-21(31)34-4-2/h5-6,13,22H,3-4,7-12,14,27H2,1-2H3,(H,28,29)/t22-/m0/s1. The number of nitriles is 1. The van der Waals surface area contributed by atoms with Crippen LogP contribution >= 0.6 is 0 Å². The molecule has 0 bridgehead atoms. The number of nitrogens with zero attached hydrogens (tertiary/aromatic N) is 3. The minimum Gasteiger partial charge on any atom is -0.490 e. The van der Waals surface area contributed by atoms with Crippen LogP contribution in [-0.4, -0.2) is 73.7 Å². The number of benzene rings is 1. The highest BCUT2D eigenvalue weighted by Crippen LogP contribution is 2.44. The molecule has 2 aromatic rings. The summed E-state index contributed by atoms with van der Waals surface area (Å²) in [5.74, 6) is 0.325. The third-order valence-corrected chi connectivity index (χ3v) is 6.01. The second kappa shape index (κ2) is 11.8. The Hall–Kier alpha value is -3.75. The van der Waals surface area contributed by atoms with Crippen LogP contribution in [0.15, 0.2) is 29.7 Å². The molecule has 1 aromatic heterocycles. The van der Waals surface area contributed by atoms with E-state index in [4.69, 9.17) is 29.4 Å². The van der Waals surface area contributed by atoms with Crippen molar-refractivity contribution in [1.29, 1.82) is 5.26 Å². The van der Waals surface area contributed by atoms with Gasteiger partial charge in [0.1, 0.15) is 18.2 Å². The average molecular weight is 498 g/mol. The third kappa shape index (κ3) is 5.56. The number of H-pyrrole nitrogens is 1. The zero-order valence-corrected chi connectivity index (χ0v) is 20.5. The van der Waals surface area contributed by atoms with Crippen molar-refractivity contribution in [3.63, 3.8) is 0 Å². The normalized spacial score (nSPS) is 17.6. The maximum Gasteiger partial charge on any atom is 0.311 e. The van der Waals surface area contributed by atoms with Crippen LogP contribution in [-0.2, 0) is 20.7 Å². The number of morpholine rings is 1. The lowest BCUT2D eigenvalue weighted by Crippen LogP contribution is -2.38. The number of fused-ring (bicyclic) bond motifs is 1. The van der Waals surface area contributed by atoms with Gasteiger partial charge >= 0.3 is 5.97 Å². The molecule has 0 unspecified atom stereocenters. The molecule has 1 saturated heterocycles.